The molecule has 0 fully saturated rings. The molecule has 0 aliphatic carbocycles. The molecule has 0 saturated heterocycles. The number of alkyl halides is 3. The quantitative estimate of drug-likeness (QED) is 0.347. The van der Waals surface area contributed by atoms with Crippen LogP contribution in [0, 0.1) is 0 Å². The zero-order valence-corrected chi connectivity index (χ0v) is 18.1. The molecule has 0 radical (unpaired) electrons. The minimum atomic E-state index is -5.19. The van der Waals surface area contributed by atoms with Crippen LogP contribution < -0.4 is 16.9 Å². The summed E-state index contributed by atoms with van der Waals surface area (Å²) in [5.74, 6) is 6.82. The highest BCUT2D eigenvalue weighted by Crippen LogP contribution is 2.11. The largest absolute Gasteiger partial charge is 0.542 e. The van der Waals surface area contributed by atoms with E-state index in [1.165, 1.54) is 0 Å². The molecule has 5 N–H and O–H groups in total. The van der Waals surface area contributed by atoms with E-state index in [2.05, 4.69) is 30.9 Å². The lowest BCUT2D eigenvalue weighted by atomic mass is 10.3. The number of pyridine rings is 2. The van der Waals surface area contributed by atoms with Gasteiger partial charge in [0, 0.05) is 42.7 Å². The van der Waals surface area contributed by atoms with Crippen LogP contribution in [-0.2, 0) is 27.7 Å². The van der Waals surface area contributed by atoms with E-state index in [0.29, 0.717) is 13.2 Å². The molecule has 186 valence electrons. The summed E-state index contributed by atoms with van der Waals surface area (Å²) in [6.45, 7) is 0.846. The topological polar surface area (TPSA) is 174 Å². The van der Waals surface area contributed by atoms with E-state index < -0.39 is 12.1 Å². The summed E-state index contributed by atoms with van der Waals surface area (Å²) in [5, 5.41) is 16.9. The van der Waals surface area contributed by atoms with Gasteiger partial charge < -0.3 is 9.90 Å². The smallest absolute Gasteiger partial charge is 0.430 e. The van der Waals surface area contributed by atoms with Gasteiger partial charge in [-0.15, -0.1) is 0 Å². The lowest BCUT2D eigenvalue weighted by molar-refractivity contribution is -0.695. The lowest BCUT2D eigenvalue weighted by Crippen LogP contribution is -2.48. The second kappa shape index (κ2) is 13.5. The predicted molar refractivity (Wildman–Crippen MR) is 110 cm³/mol. The lowest BCUT2D eigenvalue weighted by Gasteiger charge is -2.03. The van der Waals surface area contributed by atoms with E-state index in [1.54, 1.807) is 34.2 Å². The normalized spacial score (nSPS) is 10.5. The van der Waals surface area contributed by atoms with Gasteiger partial charge in [0.25, 0.3) is 0 Å². The Morgan fingerprint density at radius 3 is 1.69 bits per heavy atom. The number of quaternary nitrogens is 1. The summed E-state index contributed by atoms with van der Waals surface area (Å²) in [4.78, 5) is 26.5. The maximum atomic E-state index is 10.5. The molecule has 15 heteroatoms. The molecule has 0 amide bonds. The maximum absolute atomic E-state index is 10.5. The van der Waals surface area contributed by atoms with E-state index >= 15 is 0 Å². The van der Waals surface area contributed by atoms with Crippen molar-refractivity contribution in [3.8, 4) is 11.6 Å². The number of aliphatic carboxylic acids is 1. The number of carbonyl (C=O) groups excluding carboxylic acids is 1. The molecule has 0 saturated carbocycles. The van der Waals surface area contributed by atoms with E-state index in [1.807, 2.05) is 48.8 Å². The molecule has 4 heterocycles. The summed E-state index contributed by atoms with van der Waals surface area (Å²) in [7, 11) is 0. The fourth-order valence-electron chi connectivity index (χ4n) is 2.30. The number of aromatic nitrogens is 6. The molecule has 0 bridgehead atoms. The molecule has 0 aliphatic rings. The first-order valence-corrected chi connectivity index (χ1v) is 9.61. The van der Waals surface area contributed by atoms with Gasteiger partial charge in [0.05, 0.1) is 6.61 Å². The standard InChI is InChI=1S/C9H11N4O.C9H10N4O.C2HF3O2/c2*10-14-7-8-2-3-9(11-6-8)13-5-1-4-12-13;3-2(4,5)1(6)7/h1-6H,7H2,10H3;1-6H,7,10H2;(H,6,7)/q+1;;/p-1. The van der Waals surface area contributed by atoms with Crippen LogP contribution in [0.1, 0.15) is 11.1 Å². The molecule has 0 spiro atoms. The first-order valence-electron chi connectivity index (χ1n) is 9.61. The van der Waals surface area contributed by atoms with Crippen LogP contribution in [0.2, 0.25) is 0 Å². The van der Waals surface area contributed by atoms with E-state index in [9.17, 15) is 13.2 Å². The number of carboxylic acid groups (broad SMARTS) is 1. The van der Waals surface area contributed by atoms with Gasteiger partial charge in [0.2, 0.25) is 0 Å². The summed E-state index contributed by atoms with van der Waals surface area (Å²) in [6, 6.07) is 11.3. The van der Waals surface area contributed by atoms with Crippen molar-refractivity contribution < 1.29 is 38.6 Å². The minimum Gasteiger partial charge on any atom is -0.542 e. The number of hydrogen-bond acceptors (Lipinski definition) is 9. The third-order valence-electron chi connectivity index (χ3n) is 3.85. The van der Waals surface area contributed by atoms with Gasteiger partial charge >= 0.3 is 6.18 Å². The number of carbonyl (C=O) groups is 1. The average molecular weight is 494 g/mol. The van der Waals surface area contributed by atoms with Gasteiger partial charge in [-0.1, -0.05) is 12.1 Å². The van der Waals surface area contributed by atoms with Crippen molar-refractivity contribution in [1.29, 1.82) is 0 Å². The van der Waals surface area contributed by atoms with Gasteiger partial charge in [-0.05, 0) is 29.8 Å². The number of rotatable bonds is 6. The molecule has 0 atom stereocenters. The molecule has 12 nitrogen and oxygen atoms in total. The molecule has 0 aliphatic heterocycles. The van der Waals surface area contributed by atoms with Crippen molar-refractivity contribution in [2.75, 3.05) is 0 Å². The van der Waals surface area contributed by atoms with Crippen LogP contribution in [0.25, 0.3) is 11.6 Å². The number of halogens is 3. The van der Waals surface area contributed by atoms with Crippen LogP contribution >= 0.6 is 0 Å². The van der Waals surface area contributed by atoms with Crippen molar-refractivity contribution >= 4 is 5.97 Å². The van der Waals surface area contributed by atoms with Crippen LogP contribution in [0.5, 0.6) is 0 Å². The van der Waals surface area contributed by atoms with Gasteiger partial charge in [0.15, 0.2) is 11.6 Å². The minimum absolute atomic E-state index is 0.367. The van der Waals surface area contributed by atoms with Gasteiger partial charge in [-0.25, -0.2) is 36.0 Å². The van der Waals surface area contributed by atoms with Gasteiger partial charge in [-0.2, -0.15) is 23.4 Å². The van der Waals surface area contributed by atoms with Crippen molar-refractivity contribution in [2.24, 2.45) is 5.90 Å². The van der Waals surface area contributed by atoms with Gasteiger partial charge in [-0.3, -0.25) is 4.84 Å². The Morgan fingerprint density at radius 1 is 0.943 bits per heavy atom. The second-order valence-electron chi connectivity index (χ2n) is 6.40. The molecular weight excluding hydrogens is 473 g/mol. The first kappa shape index (κ1) is 27.1. The summed E-state index contributed by atoms with van der Waals surface area (Å²) >= 11 is 0. The second-order valence-corrected chi connectivity index (χ2v) is 6.40. The molecule has 0 unspecified atom stereocenters. The molecule has 0 aromatic carbocycles. The highest BCUT2D eigenvalue weighted by atomic mass is 19.4. The summed E-state index contributed by atoms with van der Waals surface area (Å²) < 4.78 is 34.9. The highest BCUT2D eigenvalue weighted by molar-refractivity contribution is 5.70. The third-order valence-corrected chi connectivity index (χ3v) is 3.85. The van der Waals surface area contributed by atoms with Crippen LogP contribution in [0.4, 0.5) is 13.2 Å². The Bertz CT molecular complexity index is 1040. The van der Waals surface area contributed by atoms with Crippen LogP contribution in [0.15, 0.2) is 73.6 Å². The first-order chi connectivity index (χ1) is 16.7. The van der Waals surface area contributed by atoms with Crippen LogP contribution in [-0.4, -0.2) is 41.7 Å². The van der Waals surface area contributed by atoms with Crippen LogP contribution in [0.3, 0.4) is 0 Å². The Hall–Kier alpha value is -4.18. The molecule has 4 rings (SSSR count). The number of nitrogens with two attached hydrogens (primary N) is 1. The van der Waals surface area contributed by atoms with E-state index in [0.717, 1.165) is 22.8 Å². The maximum Gasteiger partial charge on any atom is 0.430 e. The number of nitrogens with zero attached hydrogens (tertiary/aromatic N) is 6. The third kappa shape index (κ3) is 9.30. The predicted octanol–water partition coefficient (Wildman–Crippen LogP) is -0.103. The Kier molecular flexibility index (Phi) is 10.4. The zero-order chi connectivity index (χ0) is 25.7. The van der Waals surface area contributed by atoms with Crippen molar-refractivity contribution in [1.82, 2.24) is 29.5 Å². The monoisotopic (exact) mass is 494 g/mol. The van der Waals surface area contributed by atoms with Crippen molar-refractivity contribution in [2.45, 2.75) is 19.4 Å². The summed E-state index contributed by atoms with van der Waals surface area (Å²) in [5.41, 5.74) is 1.93. The van der Waals surface area contributed by atoms with E-state index in [-0.39, 0.29) is 0 Å². The molecule has 4 aromatic heterocycles. The molecule has 35 heavy (non-hydrogen) atoms. The number of hydrogen-bond donors (Lipinski definition) is 2. The fourth-order valence-corrected chi connectivity index (χ4v) is 2.30. The number of carboxylic acids is 1. The van der Waals surface area contributed by atoms with Gasteiger partial charge in [0.1, 0.15) is 12.6 Å². The fraction of sp³-hybridized carbons (Fsp3) is 0.150. The highest BCUT2D eigenvalue weighted by Gasteiger charge is 2.28. The zero-order valence-electron chi connectivity index (χ0n) is 18.1. The SMILES string of the molecule is NOCc1ccc(-n2cccn2)nc1.O=C([O-])C(F)(F)F.[NH3+]OCc1ccc(-n2cccn2)nc1. The average Bonchev–Trinajstić information content (AvgIpc) is 3.56. The van der Waals surface area contributed by atoms with Crippen molar-refractivity contribution in [3.63, 3.8) is 0 Å². The summed E-state index contributed by atoms with van der Waals surface area (Å²) in [6.07, 6.45) is 5.38. The Balaban J connectivity index is 0.000000197. The Morgan fingerprint density at radius 2 is 1.40 bits per heavy atom. The molecular formula is C20H21F3N8O4. The van der Waals surface area contributed by atoms with E-state index in [4.69, 9.17) is 20.6 Å². The van der Waals surface area contributed by atoms with Crippen molar-refractivity contribution in [3.05, 3.63) is 84.7 Å². The Labute approximate surface area is 196 Å². The molecule has 4 aromatic rings.